The summed E-state index contributed by atoms with van der Waals surface area (Å²) in [6, 6.07) is 4.20. The highest BCUT2D eigenvalue weighted by atomic mass is 35.5. The zero-order chi connectivity index (χ0) is 14.6. The molecule has 0 saturated heterocycles. The van der Waals surface area contributed by atoms with Gasteiger partial charge in [0.25, 0.3) is 5.91 Å². The molecular formula is C12H16ClN3O3. The number of hydrogen-bond acceptors (Lipinski definition) is 4. The Kier molecular flexibility index (Phi) is 5.00. The number of methoxy groups -OCH3 is 1. The van der Waals surface area contributed by atoms with E-state index in [-0.39, 0.29) is 11.7 Å². The van der Waals surface area contributed by atoms with Crippen LogP contribution in [0.1, 0.15) is 17.3 Å². The molecule has 0 fully saturated rings. The SMILES string of the molecule is COc1ccc(Cl)cc1C(=O)N(C)C(C)C(N)=NO. The molecule has 1 unspecified atom stereocenters. The minimum atomic E-state index is -0.554. The number of carbonyl (C=O) groups excluding carboxylic acids is 1. The zero-order valence-corrected chi connectivity index (χ0v) is 11.7. The molecule has 0 radical (unpaired) electrons. The third-order valence-electron chi connectivity index (χ3n) is 2.84. The van der Waals surface area contributed by atoms with Crippen LogP contribution in [0, 0.1) is 0 Å². The Balaban J connectivity index is 3.09. The summed E-state index contributed by atoms with van der Waals surface area (Å²) in [4.78, 5) is 13.7. The molecule has 0 bridgehead atoms. The van der Waals surface area contributed by atoms with Crippen LogP contribution < -0.4 is 10.5 Å². The summed E-state index contributed by atoms with van der Waals surface area (Å²) < 4.78 is 5.12. The maximum absolute atomic E-state index is 12.3. The molecule has 3 N–H and O–H groups in total. The first-order valence-corrected chi connectivity index (χ1v) is 5.88. The summed E-state index contributed by atoms with van der Waals surface area (Å²) in [5.74, 6) is 0.0169. The molecular weight excluding hydrogens is 270 g/mol. The number of oxime groups is 1. The topological polar surface area (TPSA) is 88.2 Å². The van der Waals surface area contributed by atoms with E-state index in [2.05, 4.69) is 5.16 Å². The van der Waals surface area contributed by atoms with E-state index in [1.165, 1.54) is 18.1 Å². The van der Waals surface area contributed by atoms with Crippen molar-refractivity contribution >= 4 is 23.3 Å². The van der Waals surface area contributed by atoms with Gasteiger partial charge in [-0.2, -0.15) is 0 Å². The highest BCUT2D eigenvalue weighted by molar-refractivity contribution is 6.31. The summed E-state index contributed by atoms with van der Waals surface area (Å²) in [6.07, 6.45) is 0. The van der Waals surface area contributed by atoms with Crippen LogP contribution in [-0.2, 0) is 0 Å². The fourth-order valence-electron chi connectivity index (χ4n) is 1.50. The number of carbonyl (C=O) groups is 1. The van der Waals surface area contributed by atoms with E-state index < -0.39 is 6.04 Å². The van der Waals surface area contributed by atoms with Crippen molar-refractivity contribution in [3.63, 3.8) is 0 Å². The van der Waals surface area contributed by atoms with E-state index in [0.29, 0.717) is 16.3 Å². The van der Waals surface area contributed by atoms with E-state index in [4.69, 9.17) is 27.3 Å². The minimum absolute atomic E-state index is 0.0585. The predicted molar refractivity (Wildman–Crippen MR) is 73.0 cm³/mol. The quantitative estimate of drug-likeness (QED) is 0.380. The zero-order valence-electron chi connectivity index (χ0n) is 10.9. The molecule has 1 rings (SSSR count). The normalized spacial score (nSPS) is 12.9. The molecule has 0 aliphatic carbocycles. The van der Waals surface area contributed by atoms with E-state index in [0.717, 1.165) is 0 Å². The van der Waals surface area contributed by atoms with Gasteiger partial charge in [0.15, 0.2) is 5.84 Å². The molecule has 0 saturated carbocycles. The van der Waals surface area contributed by atoms with Gasteiger partial charge in [0, 0.05) is 12.1 Å². The molecule has 19 heavy (non-hydrogen) atoms. The number of benzene rings is 1. The van der Waals surface area contributed by atoms with Crippen molar-refractivity contribution in [2.45, 2.75) is 13.0 Å². The molecule has 1 atom stereocenters. The van der Waals surface area contributed by atoms with Crippen molar-refractivity contribution in [3.8, 4) is 5.75 Å². The Morgan fingerprint density at radius 1 is 1.58 bits per heavy atom. The van der Waals surface area contributed by atoms with Gasteiger partial charge in [-0.05, 0) is 25.1 Å². The predicted octanol–water partition coefficient (Wildman–Crippen LogP) is 1.56. The van der Waals surface area contributed by atoms with Gasteiger partial charge < -0.3 is 20.6 Å². The molecule has 6 nitrogen and oxygen atoms in total. The van der Waals surface area contributed by atoms with Crippen LogP contribution in [0.5, 0.6) is 5.75 Å². The number of amides is 1. The van der Waals surface area contributed by atoms with Crippen LogP contribution in [0.2, 0.25) is 5.02 Å². The van der Waals surface area contributed by atoms with Crippen LogP contribution in [-0.4, -0.2) is 42.0 Å². The maximum Gasteiger partial charge on any atom is 0.258 e. The highest BCUT2D eigenvalue weighted by Gasteiger charge is 2.23. The number of nitrogens with zero attached hydrogens (tertiary/aromatic N) is 2. The van der Waals surface area contributed by atoms with Crippen molar-refractivity contribution in [1.82, 2.24) is 4.90 Å². The molecule has 104 valence electrons. The number of nitrogens with two attached hydrogens (primary N) is 1. The van der Waals surface area contributed by atoms with Gasteiger partial charge in [-0.25, -0.2) is 0 Å². The number of ether oxygens (including phenoxy) is 1. The van der Waals surface area contributed by atoms with Gasteiger partial charge in [0.05, 0.1) is 18.7 Å². The molecule has 0 aromatic heterocycles. The largest absolute Gasteiger partial charge is 0.496 e. The third-order valence-corrected chi connectivity index (χ3v) is 3.07. The fourth-order valence-corrected chi connectivity index (χ4v) is 1.67. The van der Waals surface area contributed by atoms with Crippen molar-refractivity contribution in [2.24, 2.45) is 10.9 Å². The molecule has 1 aromatic carbocycles. The van der Waals surface area contributed by atoms with E-state index in [1.807, 2.05) is 0 Å². The Labute approximate surface area is 116 Å². The molecule has 1 aromatic rings. The van der Waals surface area contributed by atoms with Gasteiger partial charge >= 0.3 is 0 Å². The standard InChI is InChI=1S/C12H16ClN3O3/c1-7(11(14)15-18)16(2)12(17)9-6-8(13)4-5-10(9)19-3/h4-7,18H,1-3H3,(H2,14,15). The Bertz CT molecular complexity index is 505. The summed E-state index contributed by atoms with van der Waals surface area (Å²) in [6.45, 7) is 1.64. The van der Waals surface area contributed by atoms with Gasteiger partial charge in [0.2, 0.25) is 0 Å². The second kappa shape index (κ2) is 6.29. The fraction of sp³-hybridized carbons (Fsp3) is 0.333. The summed E-state index contributed by atoms with van der Waals surface area (Å²) in [5, 5.41) is 11.9. The van der Waals surface area contributed by atoms with Crippen LogP contribution in [0.25, 0.3) is 0 Å². The molecule has 0 spiro atoms. The minimum Gasteiger partial charge on any atom is -0.496 e. The molecule has 7 heteroatoms. The maximum atomic E-state index is 12.3. The van der Waals surface area contributed by atoms with Crippen LogP contribution in [0.4, 0.5) is 0 Å². The van der Waals surface area contributed by atoms with Gasteiger partial charge in [0.1, 0.15) is 5.75 Å². The first-order chi connectivity index (χ1) is 8.92. The number of hydrogen-bond donors (Lipinski definition) is 2. The Morgan fingerprint density at radius 2 is 2.21 bits per heavy atom. The van der Waals surface area contributed by atoms with E-state index in [1.54, 1.807) is 26.1 Å². The average molecular weight is 286 g/mol. The number of likely N-dealkylation sites (N-methyl/N-ethyl adjacent to an activating group) is 1. The lowest BCUT2D eigenvalue weighted by Crippen LogP contribution is -2.43. The highest BCUT2D eigenvalue weighted by Crippen LogP contribution is 2.24. The summed E-state index contributed by atoms with van der Waals surface area (Å²) in [5.41, 5.74) is 5.80. The lowest BCUT2D eigenvalue weighted by atomic mass is 10.1. The summed E-state index contributed by atoms with van der Waals surface area (Å²) in [7, 11) is 3.01. The summed E-state index contributed by atoms with van der Waals surface area (Å²) >= 11 is 5.88. The molecule has 1 amide bonds. The first kappa shape index (κ1) is 15.1. The third kappa shape index (κ3) is 3.29. The lowest BCUT2D eigenvalue weighted by Gasteiger charge is -2.24. The second-order valence-corrected chi connectivity index (χ2v) is 4.40. The lowest BCUT2D eigenvalue weighted by molar-refractivity contribution is 0.0773. The first-order valence-electron chi connectivity index (χ1n) is 5.50. The number of amidine groups is 1. The van der Waals surface area contributed by atoms with Crippen molar-refractivity contribution in [3.05, 3.63) is 28.8 Å². The smallest absolute Gasteiger partial charge is 0.258 e. The Morgan fingerprint density at radius 3 is 2.74 bits per heavy atom. The van der Waals surface area contributed by atoms with E-state index in [9.17, 15) is 4.79 Å². The number of rotatable bonds is 4. The van der Waals surface area contributed by atoms with Crippen LogP contribution in [0.3, 0.4) is 0 Å². The van der Waals surface area contributed by atoms with Crippen molar-refractivity contribution in [1.29, 1.82) is 0 Å². The number of halogens is 1. The average Bonchev–Trinajstić information content (AvgIpc) is 2.43. The second-order valence-electron chi connectivity index (χ2n) is 3.96. The monoisotopic (exact) mass is 285 g/mol. The molecule has 0 aliphatic rings. The van der Waals surface area contributed by atoms with E-state index >= 15 is 0 Å². The van der Waals surface area contributed by atoms with Crippen molar-refractivity contribution in [2.75, 3.05) is 14.2 Å². The van der Waals surface area contributed by atoms with Gasteiger partial charge in [-0.3, -0.25) is 4.79 Å². The molecule has 0 heterocycles. The molecule has 0 aliphatic heterocycles. The van der Waals surface area contributed by atoms with Crippen LogP contribution in [0.15, 0.2) is 23.4 Å². The van der Waals surface area contributed by atoms with Crippen molar-refractivity contribution < 1.29 is 14.7 Å². The Hall–Kier alpha value is -1.95. The van der Waals surface area contributed by atoms with Gasteiger partial charge in [-0.15, -0.1) is 0 Å². The van der Waals surface area contributed by atoms with Crippen LogP contribution >= 0.6 is 11.6 Å². The van der Waals surface area contributed by atoms with Gasteiger partial charge in [-0.1, -0.05) is 16.8 Å².